The van der Waals surface area contributed by atoms with Crippen LogP contribution in [0.15, 0.2) is 18.2 Å². The normalized spacial score (nSPS) is 23.3. The van der Waals surface area contributed by atoms with Crippen molar-refractivity contribution in [1.82, 2.24) is 4.90 Å². The molecule has 0 spiro atoms. The number of piperidine rings is 1. The molecule has 0 radical (unpaired) electrons. The van der Waals surface area contributed by atoms with Crippen LogP contribution in [-0.4, -0.2) is 29.8 Å². The zero-order valence-electron chi connectivity index (χ0n) is 13.4. The summed E-state index contributed by atoms with van der Waals surface area (Å²) < 4.78 is 38.3. The first-order valence-electron chi connectivity index (χ1n) is 8.24. The molecule has 2 atom stereocenters. The van der Waals surface area contributed by atoms with E-state index in [9.17, 15) is 22.8 Å². The van der Waals surface area contributed by atoms with E-state index in [2.05, 4.69) is 5.32 Å². The molecule has 1 saturated carbocycles. The number of rotatable bonds is 3. The minimum absolute atomic E-state index is 0.0286. The number of nitrogens with zero attached hydrogens (tertiary/aromatic N) is 1. The van der Waals surface area contributed by atoms with Gasteiger partial charge >= 0.3 is 6.18 Å². The Morgan fingerprint density at radius 2 is 1.80 bits per heavy atom. The predicted molar refractivity (Wildman–Crippen MR) is 87.1 cm³/mol. The van der Waals surface area contributed by atoms with Gasteiger partial charge in [-0.15, -0.1) is 0 Å². The van der Waals surface area contributed by atoms with Crippen LogP contribution >= 0.6 is 11.6 Å². The van der Waals surface area contributed by atoms with E-state index in [-0.39, 0.29) is 22.5 Å². The molecule has 8 heteroatoms. The van der Waals surface area contributed by atoms with Gasteiger partial charge in [0, 0.05) is 13.1 Å². The monoisotopic (exact) mass is 374 g/mol. The van der Waals surface area contributed by atoms with Crippen molar-refractivity contribution >= 4 is 29.1 Å². The van der Waals surface area contributed by atoms with Gasteiger partial charge in [0.15, 0.2) is 0 Å². The van der Waals surface area contributed by atoms with Crippen LogP contribution in [0.5, 0.6) is 0 Å². The lowest BCUT2D eigenvalue weighted by Crippen LogP contribution is -2.37. The summed E-state index contributed by atoms with van der Waals surface area (Å²) in [6.07, 6.45) is -1.05. The summed E-state index contributed by atoms with van der Waals surface area (Å²) >= 11 is 5.88. The number of amides is 2. The number of carbonyl (C=O) groups excluding carboxylic acids is 2. The van der Waals surface area contributed by atoms with Crippen LogP contribution in [0, 0.1) is 11.8 Å². The minimum atomic E-state index is -4.52. The molecule has 1 aromatic rings. The molecule has 25 heavy (non-hydrogen) atoms. The molecule has 1 saturated heterocycles. The molecule has 3 rings (SSSR count). The SMILES string of the molecule is O=C(Nc1cc(C(F)(F)F)ccc1Cl)C1CC1C(=O)N1CCCCC1. The Labute approximate surface area is 148 Å². The van der Waals surface area contributed by atoms with Crippen LogP contribution in [0.1, 0.15) is 31.2 Å². The second-order valence-corrected chi connectivity index (χ2v) is 6.92. The summed E-state index contributed by atoms with van der Waals surface area (Å²) in [4.78, 5) is 26.4. The lowest BCUT2D eigenvalue weighted by Gasteiger charge is -2.26. The molecular weight excluding hydrogens is 357 g/mol. The highest BCUT2D eigenvalue weighted by molar-refractivity contribution is 6.33. The molecule has 1 N–H and O–H groups in total. The largest absolute Gasteiger partial charge is 0.416 e. The van der Waals surface area contributed by atoms with E-state index < -0.39 is 23.6 Å². The van der Waals surface area contributed by atoms with Crippen LogP contribution in [0.2, 0.25) is 5.02 Å². The molecule has 2 unspecified atom stereocenters. The fraction of sp³-hybridized carbons (Fsp3) is 0.529. The van der Waals surface area contributed by atoms with Crippen molar-refractivity contribution in [2.45, 2.75) is 31.9 Å². The lowest BCUT2D eigenvalue weighted by molar-refractivity contribution is -0.137. The fourth-order valence-corrected chi connectivity index (χ4v) is 3.29. The van der Waals surface area contributed by atoms with Gasteiger partial charge in [0.1, 0.15) is 0 Å². The molecule has 4 nitrogen and oxygen atoms in total. The number of carbonyl (C=O) groups is 2. The molecule has 1 aliphatic carbocycles. The van der Waals surface area contributed by atoms with Crippen molar-refractivity contribution in [3.63, 3.8) is 0 Å². The first kappa shape index (κ1) is 18.0. The Kier molecular flexibility index (Phi) is 4.95. The fourth-order valence-electron chi connectivity index (χ4n) is 3.13. The van der Waals surface area contributed by atoms with E-state index in [1.54, 1.807) is 4.90 Å². The molecule has 1 heterocycles. The predicted octanol–water partition coefficient (Wildman–Crippen LogP) is 3.95. The molecule has 2 aliphatic rings. The summed E-state index contributed by atoms with van der Waals surface area (Å²) in [7, 11) is 0. The first-order valence-corrected chi connectivity index (χ1v) is 8.61. The zero-order chi connectivity index (χ0) is 18.2. The topological polar surface area (TPSA) is 49.4 Å². The summed E-state index contributed by atoms with van der Waals surface area (Å²) in [5, 5.41) is 2.46. The first-order chi connectivity index (χ1) is 11.8. The lowest BCUT2D eigenvalue weighted by atomic mass is 10.1. The van der Waals surface area contributed by atoms with Crippen molar-refractivity contribution in [1.29, 1.82) is 0 Å². The molecule has 0 aromatic heterocycles. The van der Waals surface area contributed by atoms with Gasteiger partial charge in [-0.05, 0) is 43.9 Å². The molecule has 2 fully saturated rings. The number of nitrogens with one attached hydrogen (secondary N) is 1. The molecule has 2 amide bonds. The highest BCUT2D eigenvalue weighted by Gasteiger charge is 2.49. The van der Waals surface area contributed by atoms with Gasteiger partial charge in [-0.3, -0.25) is 9.59 Å². The van der Waals surface area contributed by atoms with Gasteiger partial charge in [0.2, 0.25) is 11.8 Å². The van der Waals surface area contributed by atoms with E-state index >= 15 is 0 Å². The third-order valence-electron chi connectivity index (χ3n) is 4.66. The van der Waals surface area contributed by atoms with Gasteiger partial charge in [-0.2, -0.15) is 13.2 Å². The molecule has 1 aliphatic heterocycles. The minimum Gasteiger partial charge on any atom is -0.342 e. The number of halogens is 4. The second-order valence-electron chi connectivity index (χ2n) is 6.52. The smallest absolute Gasteiger partial charge is 0.342 e. The van der Waals surface area contributed by atoms with Crippen molar-refractivity contribution in [2.24, 2.45) is 11.8 Å². The van der Waals surface area contributed by atoms with E-state index in [1.165, 1.54) is 0 Å². The van der Waals surface area contributed by atoms with Crippen molar-refractivity contribution < 1.29 is 22.8 Å². The van der Waals surface area contributed by atoms with Crippen LogP contribution < -0.4 is 5.32 Å². The Balaban J connectivity index is 1.63. The number of benzene rings is 1. The molecule has 136 valence electrons. The Morgan fingerprint density at radius 1 is 1.12 bits per heavy atom. The van der Waals surface area contributed by atoms with Crippen molar-refractivity contribution in [2.75, 3.05) is 18.4 Å². The number of anilines is 1. The van der Waals surface area contributed by atoms with E-state index in [0.717, 1.165) is 37.5 Å². The van der Waals surface area contributed by atoms with Crippen molar-refractivity contribution in [3.05, 3.63) is 28.8 Å². The van der Waals surface area contributed by atoms with Crippen LogP contribution in [-0.2, 0) is 15.8 Å². The highest BCUT2D eigenvalue weighted by atomic mass is 35.5. The van der Waals surface area contributed by atoms with Crippen molar-refractivity contribution in [3.8, 4) is 0 Å². The number of hydrogen-bond donors (Lipinski definition) is 1. The summed E-state index contributed by atoms with van der Waals surface area (Å²) in [6, 6.07) is 2.77. The van der Waals surface area contributed by atoms with E-state index in [4.69, 9.17) is 11.6 Å². The molecule has 1 aromatic carbocycles. The zero-order valence-corrected chi connectivity index (χ0v) is 14.2. The number of hydrogen-bond acceptors (Lipinski definition) is 2. The molecular formula is C17H18ClF3N2O2. The maximum Gasteiger partial charge on any atom is 0.416 e. The maximum atomic E-state index is 12.8. The third-order valence-corrected chi connectivity index (χ3v) is 4.99. The summed E-state index contributed by atoms with van der Waals surface area (Å²) in [5.74, 6) is -1.37. The molecule has 0 bridgehead atoms. The quantitative estimate of drug-likeness (QED) is 0.871. The Morgan fingerprint density at radius 3 is 2.44 bits per heavy atom. The van der Waals surface area contributed by atoms with Gasteiger partial charge in [-0.25, -0.2) is 0 Å². The standard InChI is InChI=1S/C17H18ClF3N2O2/c18-13-5-4-10(17(19,20)21)8-14(13)22-15(24)11-9-12(11)16(25)23-6-2-1-3-7-23/h4-5,8,11-12H,1-3,6-7,9H2,(H,22,24). The average Bonchev–Trinajstić information content (AvgIpc) is 3.36. The highest BCUT2D eigenvalue weighted by Crippen LogP contribution is 2.42. The van der Waals surface area contributed by atoms with E-state index in [0.29, 0.717) is 19.5 Å². The van der Waals surface area contributed by atoms with Gasteiger partial charge in [0.25, 0.3) is 0 Å². The van der Waals surface area contributed by atoms with E-state index in [1.807, 2.05) is 0 Å². The number of alkyl halides is 3. The Bertz CT molecular complexity index is 687. The summed E-state index contributed by atoms with van der Waals surface area (Å²) in [5.41, 5.74) is -0.971. The van der Waals surface area contributed by atoms with Gasteiger partial charge < -0.3 is 10.2 Å². The number of likely N-dealkylation sites (tertiary alicyclic amines) is 1. The Hall–Kier alpha value is -1.76. The average molecular weight is 375 g/mol. The second kappa shape index (κ2) is 6.86. The van der Waals surface area contributed by atoms with Crippen LogP contribution in [0.25, 0.3) is 0 Å². The van der Waals surface area contributed by atoms with Crippen LogP contribution in [0.3, 0.4) is 0 Å². The van der Waals surface area contributed by atoms with Gasteiger partial charge in [0.05, 0.1) is 28.1 Å². The summed E-state index contributed by atoms with van der Waals surface area (Å²) in [6.45, 7) is 1.42. The maximum absolute atomic E-state index is 12.8. The van der Waals surface area contributed by atoms with Crippen LogP contribution in [0.4, 0.5) is 18.9 Å². The van der Waals surface area contributed by atoms with Gasteiger partial charge in [-0.1, -0.05) is 11.6 Å². The third kappa shape index (κ3) is 4.08.